The van der Waals surface area contributed by atoms with Crippen LogP contribution in [0.2, 0.25) is 0 Å². The highest BCUT2D eigenvalue weighted by molar-refractivity contribution is 7.46. The number of nitrogens with one attached hydrogen (secondary N) is 3. The maximum atomic E-state index is 13.4. The fourth-order valence-corrected chi connectivity index (χ4v) is 8.26. The molecule has 0 radical (unpaired) electrons. The van der Waals surface area contributed by atoms with Gasteiger partial charge in [-0.1, -0.05) is 181 Å². The molecule has 0 saturated carbocycles. The van der Waals surface area contributed by atoms with E-state index in [4.69, 9.17) is 4.74 Å². The van der Waals surface area contributed by atoms with Gasteiger partial charge in [-0.05, 0) is 38.5 Å². The molecule has 4 atom stereocenters. The maximum Gasteiger partial charge on any atom is 0.469 e. The summed E-state index contributed by atoms with van der Waals surface area (Å²) in [5.74, 6) is -1.82. The SMILES string of the molecule is CCCCCCCCCCCC(=O)O[C@H](CCCCCCCCCCC)CC(=O)N[C@H](CCOP(=O)(O)O)C(=O)NCCC[C@H](CO)NC(=O)C[C@H](O)CCCCCCCCCCC. The van der Waals surface area contributed by atoms with Gasteiger partial charge in [-0.25, -0.2) is 4.57 Å². The Morgan fingerprint density at radius 3 is 1.48 bits per heavy atom. The van der Waals surface area contributed by atoms with E-state index in [2.05, 4.69) is 41.2 Å². The van der Waals surface area contributed by atoms with Crippen molar-refractivity contribution in [3.05, 3.63) is 0 Å². The summed E-state index contributed by atoms with van der Waals surface area (Å²) in [5.41, 5.74) is 0. The van der Waals surface area contributed by atoms with Crippen molar-refractivity contribution >= 4 is 31.5 Å². The van der Waals surface area contributed by atoms with Crippen LogP contribution in [0.4, 0.5) is 0 Å². The molecule has 0 unspecified atom stereocenters. The van der Waals surface area contributed by atoms with Gasteiger partial charge in [0.15, 0.2) is 0 Å². The number of aliphatic hydroxyl groups excluding tert-OH is 2. The highest BCUT2D eigenvalue weighted by Crippen LogP contribution is 2.35. The molecule has 0 bridgehead atoms. The van der Waals surface area contributed by atoms with Crippen LogP contribution in [-0.2, 0) is 33.0 Å². The van der Waals surface area contributed by atoms with Gasteiger partial charge < -0.3 is 40.7 Å². The minimum absolute atomic E-state index is 0.0547. The van der Waals surface area contributed by atoms with E-state index in [-0.39, 0.29) is 50.7 Å². The van der Waals surface area contributed by atoms with Crippen LogP contribution in [0.15, 0.2) is 0 Å². The van der Waals surface area contributed by atoms with Gasteiger partial charge in [-0.3, -0.25) is 23.7 Å². The van der Waals surface area contributed by atoms with Crippen LogP contribution in [0.5, 0.6) is 0 Å². The molecule has 0 heterocycles. The van der Waals surface area contributed by atoms with E-state index >= 15 is 0 Å². The van der Waals surface area contributed by atoms with E-state index in [1.54, 1.807) is 0 Å². The Morgan fingerprint density at radius 1 is 0.547 bits per heavy atom. The van der Waals surface area contributed by atoms with Crippen molar-refractivity contribution in [1.29, 1.82) is 0 Å². The number of amides is 3. The second kappa shape index (κ2) is 43.5. The summed E-state index contributed by atoms with van der Waals surface area (Å²) in [6.45, 7) is 5.92. The van der Waals surface area contributed by atoms with E-state index in [0.29, 0.717) is 25.7 Å². The largest absolute Gasteiger partial charge is 0.469 e. The Morgan fingerprint density at radius 2 is 1.00 bits per heavy atom. The van der Waals surface area contributed by atoms with Crippen molar-refractivity contribution in [2.24, 2.45) is 0 Å². The van der Waals surface area contributed by atoms with E-state index in [9.17, 15) is 43.7 Å². The Hall–Kier alpha value is -2.09. The quantitative estimate of drug-likeness (QED) is 0.0173. The number of phosphoric acid groups is 1. The number of ether oxygens (including phenoxy) is 1. The third kappa shape index (κ3) is 41.3. The van der Waals surface area contributed by atoms with Crippen LogP contribution >= 0.6 is 7.82 Å². The van der Waals surface area contributed by atoms with Gasteiger partial charge in [0, 0.05) is 19.4 Å². The smallest absolute Gasteiger partial charge is 0.462 e. The Bertz CT molecular complexity index is 1190. The molecule has 14 nitrogen and oxygen atoms in total. The van der Waals surface area contributed by atoms with Crippen LogP contribution in [-0.4, -0.2) is 87.7 Å². The number of phosphoric ester groups is 1. The van der Waals surface area contributed by atoms with Gasteiger partial charge >= 0.3 is 13.8 Å². The first-order chi connectivity index (χ1) is 30.8. The molecule has 0 aromatic carbocycles. The van der Waals surface area contributed by atoms with E-state index in [1.165, 1.54) is 103 Å². The number of carbonyl (C=O) groups excluding carboxylic acids is 4. The van der Waals surface area contributed by atoms with Gasteiger partial charge in [0.2, 0.25) is 17.7 Å². The third-order valence-electron chi connectivity index (χ3n) is 11.8. The van der Waals surface area contributed by atoms with Crippen molar-refractivity contribution in [3.63, 3.8) is 0 Å². The molecule has 0 aliphatic heterocycles. The van der Waals surface area contributed by atoms with Crippen molar-refractivity contribution in [1.82, 2.24) is 16.0 Å². The highest BCUT2D eigenvalue weighted by atomic mass is 31.2. The average molecular weight is 934 g/mol. The molecule has 7 N–H and O–H groups in total. The average Bonchev–Trinajstić information content (AvgIpc) is 3.24. The highest BCUT2D eigenvalue weighted by Gasteiger charge is 2.26. The molecular weight excluding hydrogens is 838 g/mol. The summed E-state index contributed by atoms with van der Waals surface area (Å²) in [6, 6.07) is -1.77. The fourth-order valence-electron chi connectivity index (χ4n) is 7.91. The van der Waals surface area contributed by atoms with Crippen LogP contribution < -0.4 is 16.0 Å². The first kappa shape index (κ1) is 61.9. The zero-order valence-electron chi connectivity index (χ0n) is 40.8. The molecule has 0 rings (SSSR count). The second-order valence-electron chi connectivity index (χ2n) is 18.1. The van der Waals surface area contributed by atoms with Gasteiger partial charge in [0.25, 0.3) is 0 Å². The van der Waals surface area contributed by atoms with Gasteiger partial charge in [-0.15, -0.1) is 0 Å². The summed E-state index contributed by atoms with van der Waals surface area (Å²) in [7, 11) is -4.83. The fraction of sp³-hybridized carbons (Fsp3) is 0.918. The molecule has 378 valence electrons. The molecule has 0 aliphatic carbocycles. The topological polar surface area (TPSA) is 221 Å². The second-order valence-corrected chi connectivity index (χ2v) is 19.3. The molecule has 0 aromatic rings. The maximum absolute atomic E-state index is 13.4. The lowest BCUT2D eigenvalue weighted by Crippen LogP contribution is -2.48. The molecule has 0 spiro atoms. The van der Waals surface area contributed by atoms with E-state index < -0.39 is 50.5 Å². The summed E-state index contributed by atoms with van der Waals surface area (Å²) in [5, 5.41) is 28.4. The van der Waals surface area contributed by atoms with Crippen LogP contribution in [0.3, 0.4) is 0 Å². The van der Waals surface area contributed by atoms with Crippen molar-refractivity contribution < 1.29 is 53.0 Å². The van der Waals surface area contributed by atoms with Crippen molar-refractivity contribution in [3.8, 4) is 0 Å². The van der Waals surface area contributed by atoms with Crippen LogP contribution in [0.25, 0.3) is 0 Å². The van der Waals surface area contributed by atoms with Crippen LogP contribution in [0, 0.1) is 0 Å². The predicted molar refractivity (Wildman–Crippen MR) is 256 cm³/mol. The van der Waals surface area contributed by atoms with E-state index in [1.807, 2.05) is 0 Å². The van der Waals surface area contributed by atoms with Gasteiger partial charge in [-0.2, -0.15) is 0 Å². The first-order valence-corrected chi connectivity index (χ1v) is 27.4. The molecule has 0 saturated heterocycles. The molecule has 15 heteroatoms. The zero-order valence-corrected chi connectivity index (χ0v) is 41.7. The van der Waals surface area contributed by atoms with Crippen molar-refractivity contribution in [2.75, 3.05) is 19.8 Å². The predicted octanol–water partition coefficient (Wildman–Crippen LogP) is 10.2. The molecule has 0 fully saturated rings. The molecule has 0 aromatic heterocycles. The number of hydrogen-bond donors (Lipinski definition) is 7. The summed E-state index contributed by atoms with van der Waals surface area (Å²) in [6.07, 6.45) is 30.9. The lowest BCUT2D eigenvalue weighted by molar-refractivity contribution is -0.151. The Balaban J connectivity index is 5.11. The number of unbranched alkanes of at least 4 members (excludes halogenated alkanes) is 24. The molecule has 0 aliphatic rings. The Labute approximate surface area is 389 Å². The monoisotopic (exact) mass is 934 g/mol. The molecular formula is C49H96N3O11P. The summed E-state index contributed by atoms with van der Waals surface area (Å²) in [4.78, 5) is 70.7. The lowest BCUT2D eigenvalue weighted by Gasteiger charge is -2.22. The van der Waals surface area contributed by atoms with Gasteiger partial charge in [0.1, 0.15) is 12.1 Å². The first-order valence-electron chi connectivity index (χ1n) is 25.9. The minimum Gasteiger partial charge on any atom is -0.462 e. The molecule has 3 amide bonds. The standard InChI is InChI=1S/C49H96N3O11P/c1-4-7-10-13-16-19-22-25-28-33-43(54)39-46(55)51-42(41-53)32-31-37-50-49(58)45(36-38-62-64(59,60)61)52-47(56)40-44(34-29-26-23-20-17-14-11-8-5-2)63-48(57)35-30-27-24-21-18-15-12-9-6-3/h42-45,53-54H,4-41H2,1-3H3,(H,50,58)(H,51,55)(H,52,56)(H2,59,60,61)/t42-,43-,44-,45-/m1/s1. The number of rotatable bonds is 47. The van der Waals surface area contributed by atoms with Crippen molar-refractivity contribution in [2.45, 2.75) is 270 Å². The Kier molecular flexibility index (Phi) is 42.1. The van der Waals surface area contributed by atoms with Crippen LogP contribution in [0.1, 0.15) is 245 Å². The van der Waals surface area contributed by atoms with Gasteiger partial charge in [0.05, 0.1) is 38.2 Å². The normalized spacial score (nSPS) is 13.5. The summed E-state index contributed by atoms with van der Waals surface area (Å²) < 4.78 is 21.8. The number of aliphatic hydroxyl groups is 2. The minimum atomic E-state index is -4.83. The number of esters is 1. The number of carbonyl (C=O) groups is 4. The summed E-state index contributed by atoms with van der Waals surface area (Å²) >= 11 is 0. The lowest BCUT2D eigenvalue weighted by atomic mass is 10.0. The molecule has 64 heavy (non-hydrogen) atoms. The number of hydrogen-bond acceptors (Lipinski definition) is 9. The zero-order chi connectivity index (χ0) is 47.5. The van der Waals surface area contributed by atoms with E-state index in [0.717, 1.165) is 70.6 Å². The third-order valence-corrected chi connectivity index (χ3v) is 12.3.